The van der Waals surface area contributed by atoms with Gasteiger partial charge in [-0.05, 0) is 54.5 Å². The van der Waals surface area contributed by atoms with Gasteiger partial charge in [-0.2, -0.15) is 0 Å². The number of benzene rings is 2. The third-order valence-electron chi connectivity index (χ3n) is 6.62. The third kappa shape index (κ3) is 4.47. The Morgan fingerprint density at radius 1 is 1.12 bits per heavy atom. The molecule has 2 aliphatic heterocycles. The molecule has 4 rings (SSSR count). The number of amides is 3. The molecule has 2 saturated heterocycles. The van der Waals surface area contributed by atoms with Gasteiger partial charge in [0.2, 0.25) is 17.7 Å². The predicted molar refractivity (Wildman–Crippen MR) is 121 cm³/mol. The Kier molecular flexibility index (Phi) is 6.17. The lowest BCUT2D eigenvalue weighted by molar-refractivity contribution is -0.142. The molecule has 0 unspecified atom stereocenters. The lowest BCUT2D eigenvalue weighted by Crippen LogP contribution is -2.56. The summed E-state index contributed by atoms with van der Waals surface area (Å²) in [6.07, 6.45) is 2.70. The van der Waals surface area contributed by atoms with E-state index in [0.29, 0.717) is 38.6 Å². The second kappa shape index (κ2) is 9.02. The molecule has 0 radical (unpaired) electrons. The minimum absolute atomic E-state index is 0.0986. The predicted octanol–water partition coefficient (Wildman–Crippen LogP) is 2.28. The Labute approximate surface area is 187 Å². The fraction of sp³-hybridized carbons (Fsp3) is 0.400. The van der Waals surface area contributed by atoms with Crippen LogP contribution in [0.5, 0.6) is 5.75 Å². The van der Waals surface area contributed by atoms with Crippen molar-refractivity contribution in [2.45, 2.75) is 38.1 Å². The zero-order valence-corrected chi connectivity index (χ0v) is 18.3. The van der Waals surface area contributed by atoms with Crippen LogP contribution in [0, 0.1) is 5.41 Å². The van der Waals surface area contributed by atoms with Crippen LogP contribution in [0.2, 0.25) is 0 Å². The van der Waals surface area contributed by atoms with E-state index in [2.05, 4.69) is 5.32 Å². The van der Waals surface area contributed by atoms with E-state index in [0.717, 1.165) is 22.4 Å². The number of hydrogen-bond donors (Lipinski definition) is 2. The first-order chi connectivity index (χ1) is 15.4. The summed E-state index contributed by atoms with van der Waals surface area (Å²) in [5.41, 5.74) is 8.22. The van der Waals surface area contributed by atoms with Crippen molar-refractivity contribution in [2.24, 2.45) is 11.1 Å². The quantitative estimate of drug-likeness (QED) is 0.727. The van der Waals surface area contributed by atoms with Gasteiger partial charge in [-0.25, -0.2) is 0 Å². The van der Waals surface area contributed by atoms with Gasteiger partial charge in [0, 0.05) is 19.5 Å². The lowest BCUT2D eigenvalue weighted by atomic mass is 9.74. The van der Waals surface area contributed by atoms with Crippen molar-refractivity contribution in [3.8, 4) is 16.9 Å². The van der Waals surface area contributed by atoms with Gasteiger partial charge in [0.05, 0.1) is 12.5 Å². The Hall–Kier alpha value is -3.35. The molecule has 7 heteroatoms. The van der Waals surface area contributed by atoms with Gasteiger partial charge >= 0.3 is 0 Å². The first-order valence-electron chi connectivity index (χ1n) is 11.0. The highest BCUT2D eigenvalue weighted by atomic mass is 16.5. The largest absolute Gasteiger partial charge is 0.497 e. The summed E-state index contributed by atoms with van der Waals surface area (Å²) in [7, 11) is 1.64. The Morgan fingerprint density at radius 3 is 2.34 bits per heavy atom. The maximum Gasteiger partial charge on any atom is 0.245 e. The number of methoxy groups -OCH3 is 1. The van der Waals surface area contributed by atoms with E-state index in [1.54, 1.807) is 12.0 Å². The van der Waals surface area contributed by atoms with Crippen molar-refractivity contribution >= 4 is 17.7 Å². The van der Waals surface area contributed by atoms with Crippen molar-refractivity contribution in [3.63, 3.8) is 0 Å². The Morgan fingerprint density at radius 2 is 1.78 bits per heavy atom. The number of nitrogens with two attached hydrogens (primary N) is 1. The summed E-state index contributed by atoms with van der Waals surface area (Å²) in [5.74, 6) is 0.210. The minimum Gasteiger partial charge on any atom is -0.497 e. The summed E-state index contributed by atoms with van der Waals surface area (Å²) in [4.78, 5) is 38.7. The van der Waals surface area contributed by atoms with Crippen LogP contribution in [0.4, 0.5) is 0 Å². The van der Waals surface area contributed by atoms with Crippen molar-refractivity contribution in [1.82, 2.24) is 10.2 Å². The number of piperidine rings is 1. The number of nitrogens with one attached hydrogen (secondary N) is 1. The number of hydrogen-bond acceptors (Lipinski definition) is 4. The zero-order chi connectivity index (χ0) is 22.7. The number of primary amides is 1. The second-order valence-electron chi connectivity index (χ2n) is 8.77. The van der Waals surface area contributed by atoms with Crippen LogP contribution in [0.3, 0.4) is 0 Å². The van der Waals surface area contributed by atoms with Crippen LogP contribution < -0.4 is 15.8 Å². The van der Waals surface area contributed by atoms with Gasteiger partial charge < -0.3 is 20.7 Å². The first kappa shape index (κ1) is 21.9. The summed E-state index contributed by atoms with van der Waals surface area (Å²) in [6, 6.07) is 15.5. The van der Waals surface area contributed by atoms with Crippen LogP contribution in [-0.4, -0.2) is 48.9 Å². The summed E-state index contributed by atoms with van der Waals surface area (Å²) in [6.45, 7) is 0.865. The van der Waals surface area contributed by atoms with Crippen molar-refractivity contribution in [3.05, 3.63) is 54.1 Å². The lowest BCUT2D eigenvalue weighted by Gasteiger charge is -2.41. The van der Waals surface area contributed by atoms with Crippen molar-refractivity contribution in [2.75, 3.05) is 20.2 Å². The molecule has 0 spiro atoms. The van der Waals surface area contributed by atoms with E-state index < -0.39 is 11.5 Å². The molecule has 7 nitrogen and oxygen atoms in total. The number of ether oxygens (including phenoxy) is 1. The zero-order valence-electron chi connectivity index (χ0n) is 18.3. The fourth-order valence-corrected chi connectivity index (χ4v) is 4.76. The number of nitrogens with zero attached hydrogens (tertiary/aromatic N) is 1. The molecule has 2 aromatic rings. The number of likely N-dealkylation sites (tertiary alicyclic amines) is 1. The number of carbonyl (C=O) groups excluding carboxylic acids is 3. The number of carbonyl (C=O) groups is 3. The molecule has 168 valence electrons. The van der Waals surface area contributed by atoms with Crippen molar-refractivity contribution < 1.29 is 19.1 Å². The molecule has 2 aliphatic rings. The highest BCUT2D eigenvalue weighted by Gasteiger charge is 2.43. The molecule has 0 bridgehead atoms. The molecule has 3 amide bonds. The number of rotatable bonds is 6. The van der Waals surface area contributed by atoms with Crippen LogP contribution in [0.15, 0.2) is 48.5 Å². The monoisotopic (exact) mass is 435 g/mol. The van der Waals surface area contributed by atoms with E-state index in [1.807, 2.05) is 48.5 Å². The minimum atomic E-state index is -0.807. The molecular formula is C25H29N3O4. The maximum atomic E-state index is 12.9. The van der Waals surface area contributed by atoms with Crippen LogP contribution in [0.1, 0.15) is 31.2 Å². The Bertz CT molecular complexity index is 1000. The molecule has 2 atom stereocenters. The topological polar surface area (TPSA) is 102 Å². The molecular weight excluding hydrogens is 406 g/mol. The molecule has 0 aliphatic carbocycles. The first-order valence-corrected chi connectivity index (χ1v) is 11.0. The third-order valence-corrected chi connectivity index (χ3v) is 6.62. The molecule has 3 N–H and O–H groups in total. The van der Waals surface area contributed by atoms with E-state index >= 15 is 0 Å². The average Bonchev–Trinajstić information content (AvgIpc) is 3.25. The van der Waals surface area contributed by atoms with E-state index in [9.17, 15) is 14.4 Å². The molecule has 0 aromatic heterocycles. The molecule has 2 fully saturated rings. The van der Waals surface area contributed by atoms with Gasteiger partial charge in [0.1, 0.15) is 11.8 Å². The second-order valence-corrected chi connectivity index (χ2v) is 8.77. The fourth-order valence-electron chi connectivity index (χ4n) is 4.76. The van der Waals surface area contributed by atoms with Gasteiger partial charge in [0.15, 0.2) is 0 Å². The molecule has 32 heavy (non-hydrogen) atoms. The average molecular weight is 436 g/mol. The van der Waals surface area contributed by atoms with Gasteiger partial charge in [-0.1, -0.05) is 36.4 Å². The Balaban J connectivity index is 1.49. The smallest absolute Gasteiger partial charge is 0.245 e. The summed E-state index contributed by atoms with van der Waals surface area (Å²) in [5, 5.41) is 2.73. The standard InChI is InChI=1S/C25H29N3O4/c1-32-20-9-7-19(8-10-20)18-5-3-17(4-6-18)15-25(24(26)31)13-2-14-28(16-25)23(30)21-11-12-22(29)27-21/h3-10,21H,2,11-16H2,1H3,(H2,26,31)(H,27,29)/t21-,25-/m0/s1. The van der Waals surface area contributed by atoms with Gasteiger partial charge in [0.25, 0.3) is 0 Å². The molecule has 0 saturated carbocycles. The molecule has 2 heterocycles. The van der Waals surface area contributed by atoms with E-state index in [1.165, 1.54) is 0 Å². The van der Waals surface area contributed by atoms with E-state index in [-0.39, 0.29) is 24.3 Å². The normalized spacial score (nSPS) is 23.0. The highest BCUT2D eigenvalue weighted by Crippen LogP contribution is 2.35. The van der Waals surface area contributed by atoms with Crippen molar-refractivity contribution in [1.29, 1.82) is 0 Å². The van der Waals surface area contributed by atoms with Crippen LogP contribution in [0.25, 0.3) is 11.1 Å². The molecule has 2 aromatic carbocycles. The maximum absolute atomic E-state index is 12.9. The van der Waals surface area contributed by atoms with Gasteiger partial charge in [-0.15, -0.1) is 0 Å². The van der Waals surface area contributed by atoms with Crippen LogP contribution in [-0.2, 0) is 20.8 Å². The van der Waals surface area contributed by atoms with Gasteiger partial charge in [-0.3, -0.25) is 14.4 Å². The highest BCUT2D eigenvalue weighted by molar-refractivity contribution is 5.91. The summed E-state index contributed by atoms with van der Waals surface area (Å²) >= 11 is 0. The SMILES string of the molecule is COc1ccc(-c2ccc(C[C@@]3(C(N)=O)CCCN(C(=O)[C@@H]4CCC(=O)N4)C3)cc2)cc1. The van der Waals surface area contributed by atoms with E-state index in [4.69, 9.17) is 10.5 Å². The van der Waals surface area contributed by atoms with Crippen LogP contribution >= 0.6 is 0 Å². The summed E-state index contributed by atoms with van der Waals surface area (Å²) < 4.78 is 5.21.